The van der Waals surface area contributed by atoms with Gasteiger partial charge in [-0.25, -0.2) is 0 Å². The Morgan fingerprint density at radius 1 is 1.08 bits per heavy atom. The Morgan fingerprint density at radius 2 is 1.76 bits per heavy atom. The Labute approximate surface area is 219 Å². The van der Waals surface area contributed by atoms with Crippen LogP contribution in [0.2, 0.25) is 0 Å². The van der Waals surface area contributed by atoms with Crippen molar-refractivity contribution in [3.8, 4) is 0 Å². The summed E-state index contributed by atoms with van der Waals surface area (Å²) in [6.45, 7) is 3.41. The maximum Gasteiger partial charge on any atom is 0.418 e. The van der Waals surface area contributed by atoms with E-state index in [1.807, 2.05) is 6.92 Å². The molecule has 1 saturated heterocycles. The van der Waals surface area contributed by atoms with Gasteiger partial charge in [-0.2, -0.15) is 26.3 Å². The van der Waals surface area contributed by atoms with Gasteiger partial charge in [0.25, 0.3) is 0 Å². The third-order valence-corrected chi connectivity index (χ3v) is 6.45. The third kappa shape index (κ3) is 7.86. The van der Waals surface area contributed by atoms with Gasteiger partial charge in [-0.05, 0) is 55.0 Å². The lowest BCUT2D eigenvalue weighted by Gasteiger charge is -2.25. The number of ether oxygens (including phenoxy) is 1. The molecule has 1 amide bonds. The van der Waals surface area contributed by atoms with Crippen LogP contribution in [0.1, 0.15) is 23.6 Å². The molecule has 0 spiro atoms. The molecule has 1 aliphatic heterocycles. The molecule has 0 saturated carbocycles. The molecule has 2 N–H and O–H groups in total. The van der Waals surface area contributed by atoms with Crippen LogP contribution in [-0.4, -0.2) is 48.8 Å². The minimum atomic E-state index is -5.33. The number of rotatable bonds is 6. The van der Waals surface area contributed by atoms with E-state index in [1.54, 1.807) is 12.1 Å². The van der Waals surface area contributed by atoms with E-state index in [0.29, 0.717) is 29.1 Å². The molecule has 3 rings (SSSR count). The van der Waals surface area contributed by atoms with Crippen molar-refractivity contribution in [3.63, 3.8) is 0 Å². The van der Waals surface area contributed by atoms with Gasteiger partial charge in [-0.3, -0.25) is 4.79 Å². The number of carbonyl (C=O) groups is 1. The molecule has 0 aromatic heterocycles. The molecule has 0 radical (unpaired) electrons. The molecule has 13 heteroatoms. The van der Waals surface area contributed by atoms with Gasteiger partial charge in [0.15, 0.2) is 5.11 Å². The zero-order valence-corrected chi connectivity index (χ0v) is 21.1. The highest BCUT2D eigenvalue weighted by Crippen LogP contribution is 2.48. The van der Waals surface area contributed by atoms with E-state index in [9.17, 15) is 31.1 Å². The maximum atomic E-state index is 14.1. The first-order valence-corrected chi connectivity index (χ1v) is 12.3. The molecule has 0 bridgehead atoms. The number of carbonyl (C=O) groups excluding carboxylic acids is 1. The number of nitrogens with one attached hydrogen (secondary N) is 2. The molecule has 37 heavy (non-hydrogen) atoms. The van der Waals surface area contributed by atoms with Crippen LogP contribution < -0.4 is 10.6 Å². The first kappa shape index (κ1) is 28.8. The summed E-state index contributed by atoms with van der Waals surface area (Å²) in [5.41, 5.74) is -3.95. The second kappa shape index (κ2) is 12.2. The minimum absolute atomic E-state index is 0.242. The van der Waals surface area contributed by atoms with Crippen LogP contribution in [0, 0.1) is 0 Å². The Bertz CT molecular complexity index is 1160. The van der Waals surface area contributed by atoms with Gasteiger partial charge in [-0.15, -0.1) is 0 Å². The van der Waals surface area contributed by atoms with E-state index in [2.05, 4.69) is 10.6 Å². The molecule has 200 valence electrons. The van der Waals surface area contributed by atoms with Crippen LogP contribution in [0.4, 0.5) is 32.0 Å². The van der Waals surface area contributed by atoms with E-state index in [1.165, 1.54) is 17.0 Å². The smallest absolute Gasteiger partial charge is 0.378 e. The number of hydrogen-bond donors (Lipinski definition) is 2. The number of halogens is 6. The number of anilines is 1. The first-order valence-electron chi connectivity index (χ1n) is 11.1. The molecule has 2 aromatic rings. The van der Waals surface area contributed by atoms with Gasteiger partial charge in [0.2, 0.25) is 5.91 Å². The zero-order chi connectivity index (χ0) is 27.2. The van der Waals surface area contributed by atoms with Crippen molar-refractivity contribution in [2.45, 2.75) is 29.1 Å². The summed E-state index contributed by atoms with van der Waals surface area (Å²) >= 11 is 5.64. The number of alkyl halides is 6. The monoisotopic (exact) mass is 563 g/mol. The molecule has 1 heterocycles. The predicted molar refractivity (Wildman–Crippen MR) is 133 cm³/mol. The van der Waals surface area contributed by atoms with E-state index in [-0.39, 0.29) is 31.2 Å². The van der Waals surface area contributed by atoms with Crippen molar-refractivity contribution in [1.29, 1.82) is 0 Å². The molecule has 1 fully saturated rings. The number of benzene rings is 2. The number of hydrogen-bond acceptors (Lipinski definition) is 4. The minimum Gasteiger partial charge on any atom is -0.378 e. The molecule has 5 nitrogen and oxygen atoms in total. The second-order valence-electron chi connectivity index (χ2n) is 7.78. The van der Waals surface area contributed by atoms with Crippen LogP contribution in [0.5, 0.6) is 0 Å². The fraction of sp³-hybridized carbons (Fsp3) is 0.333. The maximum absolute atomic E-state index is 14.1. The summed E-state index contributed by atoms with van der Waals surface area (Å²) in [6, 6.07) is 8.05. The van der Waals surface area contributed by atoms with E-state index >= 15 is 0 Å². The van der Waals surface area contributed by atoms with Crippen molar-refractivity contribution in [1.82, 2.24) is 10.2 Å². The molecule has 0 aliphatic carbocycles. The van der Waals surface area contributed by atoms with Crippen molar-refractivity contribution in [3.05, 3.63) is 59.2 Å². The highest BCUT2D eigenvalue weighted by Gasteiger charge is 2.46. The highest BCUT2D eigenvalue weighted by atomic mass is 32.2. The van der Waals surface area contributed by atoms with Crippen LogP contribution in [-0.2, 0) is 21.9 Å². The van der Waals surface area contributed by atoms with Crippen LogP contribution in [0.3, 0.4) is 0 Å². The molecule has 0 unspecified atom stereocenters. The Balaban J connectivity index is 2.00. The Kier molecular flexibility index (Phi) is 9.48. The van der Waals surface area contributed by atoms with Crippen molar-refractivity contribution in [2.24, 2.45) is 0 Å². The van der Waals surface area contributed by atoms with Gasteiger partial charge >= 0.3 is 12.4 Å². The fourth-order valence-electron chi connectivity index (χ4n) is 3.56. The lowest BCUT2D eigenvalue weighted by Crippen LogP contribution is -2.39. The number of nitrogens with zero attached hydrogens (tertiary/aromatic N) is 1. The van der Waals surface area contributed by atoms with Gasteiger partial charge in [0.1, 0.15) is 0 Å². The third-order valence-electron chi connectivity index (χ3n) is 5.15. The predicted octanol–water partition coefficient (Wildman–Crippen LogP) is 6.05. The Morgan fingerprint density at radius 3 is 2.38 bits per heavy atom. The summed E-state index contributed by atoms with van der Waals surface area (Å²) in [5.74, 6) is -0.608. The van der Waals surface area contributed by atoms with Crippen LogP contribution >= 0.6 is 24.0 Å². The second-order valence-corrected chi connectivity index (χ2v) is 9.31. The number of amides is 1. The van der Waals surface area contributed by atoms with E-state index < -0.39 is 39.8 Å². The van der Waals surface area contributed by atoms with Gasteiger partial charge in [0.05, 0.1) is 24.3 Å². The summed E-state index contributed by atoms with van der Waals surface area (Å²) in [6.07, 6.45) is -9.01. The van der Waals surface area contributed by atoms with Crippen molar-refractivity contribution < 1.29 is 35.9 Å². The lowest BCUT2D eigenvalue weighted by atomic mass is 9.99. The van der Waals surface area contributed by atoms with Gasteiger partial charge in [-0.1, -0.05) is 23.9 Å². The average Bonchev–Trinajstić information content (AvgIpc) is 2.82. The van der Waals surface area contributed by atoms with Crippen LogP contribution in [0.15, 0.2) is 52.3 Å². The molecule has 1 aliphatic rings. The molecule has 0 atom stereocenters. The van der Waals surface area contributed by atoms with Crippen LogP contribution in [0.25, 0.3) is 6.08 Å². The van der Waals surface area contributed by atoms with Gasteiger partial charge < -0.3 is 20.3 Å². The normalized spacial score (nSPS) is 14.6. The SMILES string of the molecule is CCNC(=S)Nc1cccc(Sc2ccc(/C=C/C(=O)N3CCOCC3)c(C(F)(F)F)c2C(F)(F)F)c1. The summed E-state index contributed by atoms with van der Waals surface area (Å²) in [4.78, 5) is 13.3. The summed E-state index contributed by atoms with van der Waals surface area (Å²) < 4.78 is 89.5. The summed E-state index contributed by atoms with van der Waals surface area (Å²) in [5, 5.41) is 6.02. The first-order chi connectivity index (χ1) is 17.4. The van der Waals surface area contributed by atoms with E-state index in [4.69, 9.17) is 17.0 Å². The standard InChI is InChI=1S/C24H23F6N3O2S2/c1-2-31-22(36)32-16-4-3-5-17(14-16)37-18-8-6-15(7-9-19(34)33-10-12-35-13-11-33)20(23(25,26)27)21(18)24(28,29)30/h3-9,14H,2,10-13H2,1H3,(H2,31,32,36)/b9-7+. The molecular formula is C24H23F6N3O2S2. The summed E-state index contributed by atoms with van der Waals surface area (Å²) in [7, 11) is 0. The van der Waals surface area contributed by atoms with E-state index in [0.717, 1.165) is 24.3 Å². The number of morpholine rings is 1. The molecule has 2 aromatic carbocycles. The van der Waals surface area contributed by atoms with Crippen molar-refractivity contribution >= 4 is 46.8 Å². The van der Waals surface area contributed by atoms with Gasteiger partial charge in [0, 0.05) is 41.2 Å². The average molecular weight is 564 g/mol. The Hall–Kier alpha value is -2.77. The van der Waals surface area contributed by atoms with Crippen molar-refractivity contribution in [2.75, 3.05) is 38.2 Å². The highest BCUT2D eigenvalue weighted by molar-refractivity contribution is 7.99. The quantitative estimate of drug-likeness (QED) is 0.254. The largest absolute Gasteiger partial charge is 0.418 e. The number of thiocarbonyl (C=S) groups is 1. The lowest BCUT2D eigenvalue weighted by molar-refractivity contribution is -0.163. The fourth-order valence-corrected chi connectivity index (χ4v) is 4.87. The molecular weight excluding hydrogens is 540 g/mol. The zero-order valence-electron chi connectivity index (χ0n) is 19.5. The topological polar surface area (TPSA) is 53.6 Å².